The molecular formula is C15H13N3O2. The van der Waals surface area contributed by atoms with Crippen LogP contribution >= 0.6 is 0 Å². The van der Waals surface area contributed by atoms with Gasteiger partial charge < -0.3 is 9.40 Å². The summed E-state index contributed by atoms with van der Waals surface area (Å²) >= 11 is 0. The molecule has 2 aromatic rings. The molecule has 5 nitrogen and oxygen atoms in total. The summed E-state index contributed by atoms with van der Waals surface area (Å²) in [6.45, 7) is 0. The third-order valence-corrected chi connectivity index (χ3v) is 3.62. The van der Waals surface area contributed by atoms with Gasteiger partial charge in [0.25, 0.3) is 0 Å². The number of benzene rings is 1. The van der Waals surface area contributed by atoms with Gasteiger partial charge in [0.2, 0.25) is 5.78 Å². The number of hydrogen-bond acceptors (Lipinski definition) is 4. The Labute approximate surface area is 115 Å². The molecule has 2 aliphatic rings. The molecule has 5 heteroatoms. The zero-order valence-electron chi connectivity index (χ0n) is 11.0. The fourth-order valence-corrected chi connectivity index (χ4v) is 2.41. The number of ketones is 1. The Morgan fingerprint density at radius 1 is 1.30 bits per heavy atom. The van der Waals surface area contributed by atoms with Crippen molar-refractivity contribution in [2.45, 2.75) is 18.9 Å². The number of imidazole rings is 1. The quantitative estimate of drug-likeness (QED) is 0.666. The lowest BCUT2D eigenvalue weighted by Crippen LogP contribution is -2.23. The molecule has 1 aromatic heterocycles. The third-order valence-electron chi connectivity index (χ3n) is 3.62. The smallest absolute Gasteiger partial charge is 0.212 e. The predicted molar refractivity (Wildman–Crippen MR) is 72.8 cm³/mol. The van der Waals surface area contributed by atoms with Gasteiger partial charge in [-0.25, -0.2) is 4.98 Å². The number of aryl methyl sites for hydroxylation is 1. The molecular weight excluding hydrogens is 254 g/mol. The van der Waals surface area contributed by atoms with E-state index in [1.807, 2.05) is 31.3 Å². The van der Waals surface area contributed by atoms with Crippen LogP contribution < -0.4 is 0 Å². The van der Waals surface area contributed by atoms with Gasteiger partial charge >= 0.3 is 0 Å². The van der Waals surface area contributed by atoms with E-state index in [9.17, 15) is 4.79 Å². The SMILES string of the molecule is Cn1cnc2c1C(=O)c1ccccc1/C2=N/OC1CC1. The molecule has 4 rings (SSSR count). The van der Waals surface area contributed by atoms with Gasteiger partial charge in [0.05, 0.1) is 6.33 Å². The predicted octanol–water partition coefficient (Wildman–Crippen LogP) is 1.90. The van der Waals surface area contributed by atoms with E-state index in [0.29, 0.717) is 22.7 Å². The van der Waals surface area contributed by atoms with Crippen LogP contribution in [0.25, 0.3) is 0 Å². The molecule has 1 aromatic carbocycles. The fourth-order valence-electron chi connectivity index (χ4n) is 2.41. The Morgan fingerprint density at radius 2 is 2.05 bits per heavy atom. The summed E-state index contributed by atoms with van der Waals surface area (Å²) in [7, 11) is 1.82. The summed E-state index contributed by atoms with van der Waals surface area (Å²) in [5, 5.41) is 4.26. The molecule has 20 heavy (non-hydrogen) atoms. The Balaban J connectivity index is 1.92. The first-order valence-corrected chi connectivity index (χ1v) is 6.65. The third kappa shape index (κ3) is 1.59. The van der Waals surface area contributed by atoms with Crippen molar-refractivity contribution in [1.29, 1.82) is 0 Å². The van der Waals surface area contributed by atoms with Crippen LogP contribution in [0, 0.1) is 0 Å². The largest absolute Gasteiger partial charge is 0.392 e. The lowest BCUT2D eigenvalue weighted by molar-refractivity contribution is 0.102. The Hall–Kier alpha value is -2.43. The highest BCUT2D eigenvalue weighted by atomic mass is 16.6. The number of fused-ring (bicyclic) bond motifs is 2. The van der Waals surface area contributed by atoms with E-state index in [-0.39, 0.29) is 11.9 Å². The Morgan fingerprint density at radius 3 is 2.80 bits per heavy atom. The molecule has 0 unspecified atom stereocenters. The van der Waals surface area contributed by atoms with Crippen molar-refractivity contribution in [3.05, 3.63) is 53.1 Å². The molecule has 1 fully saturated rings. The van der Waals surface area contributed by atoms with E-state index < -0.39 is 0 Å². The Kier molecular flexibility index (Phi) is 2.30. The maximum atomic E-state index is 12.5. The van der Waals surface area contributed by atoms with Crippen LogP contribution in [0.15, 0.2) is 35.7 Å². The van der Waals surface area contributed by atoms with Gasteiger partial charge in [0.1, 0.15) is 23.2 Å². The normalized spacial score (nSPS) is 18.9. The fraction of sp³-hybridized carbons (Fsp3) is 0.267. The average molecular weight is 267 g/mol. The highest BCUT2D eigenvalue weighted by Gasteiger charge is 2.33. The van der Waals surface area contributed by atoms with Gasteiger partial charge in [-0.05, 0) is 12.8 Å². The lowest BCUT2D eigenvalue weighted by Gasteiger charge is -2.16. The summed E-state index contributed by atoms with van der Waals surface area (Å²) in [6.07, 6.45) is 3.96. The van der Waals surface area contributed by atoms with Crippen molar-refractivity contribution in [2.75, 3.05) is 0 Å². The molecule has 1 heterocycles. The van der Waals surface area contributed by atoms with Crippen molar-refractivity contribution in [3.8, 4) is 0 Å². The second-order valence-electron chi connectivity index (χ2n) is 5.17. The minimum atomic E-state index is -0.0130. The van der Waals surface area contributed by atoms with Crippen LogP contribution in [0.4, 0.5) is 0 Å². The number of carbonyl (C=O) groups is 1. The highest BCUT2D eigenvalue weighted by Crippen LogP contribution is 2.29. The van der Waals surface area contributed by atoms with Crippen LogP contribution in [-0.4, -0.2) is 27.1 Å². The number of oxime groups is 1. The summed E-state index contributed by atoms with van der Waals surface area (Å²) in [5.74, 6) is -0.0130. The molecule has 0 saturated heterocycles. The minimum absolute atomic E-state index is 0.0130. The molecule has 0 atom stereocenters. The standard InChI is InChI=1S/C15H13N3O2/c1-18-8-16-13-12(17-20-9-6-7-9)10-4-2-3-5-11(10)15(19)14(13)18/h2-5,8-9H,6-7H2,1H3/b17-12-. The molecule has 0 radical (unpaired) electrons. The van der Waals surface area contributed by atoms with Crippen molar-refractivity contribution >= 4 is 11.5 Å². The van der Waals surface area contributed by atoms with Gasteiger partial charge in [-0.1, -0.05) is 29.4 Å². The molecule has 0 N–H and O–H groups in total. The minimum Gasteiger partial charge on any atom is -0.392 e. The molecule has 100 valence electrons. The molecule has 1 saturated carbocycles. The molecule has 2 aliphatic carbocycles. The zero-order valence-corrected chi connectivity index (χ0v) is 11.0. The molecule has 0 amide bonds. The average Bonchev–Trinajstić information content (AvgIpc) is 3.21. The van der Waals surface area contributed by atoms with Crippen molar-refractivity contribution in [3.63, 3.8) is 0 Å². The van der Waals surface area contributed by atoms with Crippen molar-refractivity contribution in [2.24, 2.45) is 12.2 Å². The van der Waals surface area contributed by atoms with Gasteiger partial charge in [0, 0.05) is 18.2 Å². The van der Waals surface area contributed by atoms with Crippen LogP contribution in [0.5, 0.6) is 0 Å². The monoisotopic (exact) mass is 267 g/mol. The van der Waals surface area contributed by atoms with Crippen LogP contribution in [0.1, 0.15) is 40.2 Å². The maximum absolute atomic E-state index is 12.5. The van der Waals surface area contributed by atoms with Crippen LogP contribution in [0.3, 0.4) is 0 Å². The number of rotatable bonds is 2. The number of carbonyl (C=O) groups excluding carboxylic acids is 1. The summed E-state index contributed by atoms with van der Waals surface area (Å²) in [6, 6.07) is 7.46. The van der Waals surface area contributed by atoms with E-state index >= 15 is 0 Å². The summed E-state index contributed by atoms with van der Waals surface area (Å²) in [5.41, 5.74) is 3.28. The zero-order chi connectivity index (χ0) is 13.7. The Bertz CT molecular complexity index is 741. The first-order chi connectivity index (χ1) is 9.75. The first kappa shape index (κ1) is 11.4. The second kappa shape index (κ2) is 4.03. The van der Waals surface area contributed by atoms with E-state index in [2.05, 4.69) is 10.1 Å². The summed E-state index contributed by atoms with van der Waals surface area (Å²) < 4.78 is 1.74. The van der Waals surface area contributed by atoms with Crippen molar-refractivity contribution < 1.29 is 9.63 Å². The van der Waals surface area contributed by atoms with Gasteiger partial charge in [-0.15, -0.1) is 0 Å². The van der Waals surface area contributed by atoms with E-state index in [1.165, 1.54) is 0 Å². The van der Waals surface area contributed by atoms with Gasteiger partial charge in [0.15, 0.2) is 0 Å². The maximum Gasteiger partial charge on any atom is 0.212 e. The topological polar surface area (TPSA) is 56.5 Å². The molecule has 0 aliphatic heterocycles. The van der Waals surface area contributed by atoms with Crippen molar-refractivity contribution in [1.82, 2.24) is 9.55 Å². The van der Waals surface area contributed by atoms with Crippen LogP contribution in [-0.2, 0) is 11.9 Å². The second-order valence-corrected chi connectivity index (χ2v) is 5.17. The molecule has 0 spiro atoms. The molecule has 0 bridgehead atoms. The van der Waals surface area contributed by atoms with E-state index in [0.717, 1.165) is 18.4 Å². The van der Waals surface area contributed by atoms with E-state index in [4.69, 9.17) is 4.84 Å². The van der Waals surface area contributed by atoms with Gasteiger partial charge in [-0.2, -0.15) is 0 Å². The first-order valence-electron chi connectivity index (χ1n) is 6.65. The number of aromatic nitrogens is 2. The number of nitrogens with zero attached hydrogens (tertiary/aromatic N) is 3. The van der Waals surface area contributed by atoms with Crippen LogP contribution in [0.2, 0.25) is 0 Å². The van der Waals surface area contributed by atoms with E-state index in [1.54, 1.807) is 10.9 Å². The highest BCUT2D eigenvalue weighted by molar-refractivity contribution is 6.28. The number of hydrogen-bond donors (Lipinski definition) is 0. The summed E-state index contributed by atoms with van der Waals surface area (Å²) in [4.78, 5) is 22.3. The van der Waals surface area contributed by atoms with Gasteiger partial charge in [-0.3, -0.25) is 4.79 Å². The lowest BCUT2D eigenvalue weighted by atomic mass is 9.89.